The number of methoxy groups -OCH3 is 1. The summed E-state index contributed by atoms with van der Waals surface area (Å²) in [4.78, 5) is 15.1. The smallest absolute Gasteiger partial charge is 0.331 e. The molecule has 0 aliphatic carbocycles. The molecule has 1 heterocycles. The zero-order chi connectivity index (χ0) is 18.8. The van der Waals surface area contributed by atoms with E-state index in [0.717, 1.165) is 17.7 Å². The molecule has 0 aliphatic heterocycles. The van der Waals surface area contributed by atoms with Gasteiger partial charge in [0.25, 0.3) is 0 Å². The lowest BCUT2D eigenvalue weighted by Crippen LogP contribution is -2.26. The second-order valence-electron chi connectivity index (χ2n) is 5.60. The summed E-state index contributed by atoms with van der Waals surface area (Å²) >= 11 is 4.07. The van der Waals surface area contributed by atoms with E-state index < -0.39 is 17.7 Å². The van der Waals surface area contributed by atoms with Crippen LogP contribution in [0.4, 0.5) is 19.3 Å². The number of nitrogens with zero attached hydrogens (tertiary/aromatic N) is 1. The summed E-state index contributed by atoms with van der Waals surface area (Å²) in [6.07, 6.45) is 0. The fraction of sp³-hybridized carbons (Fsp3) is 0.167. The van der Waals surface area contributed by atoms with Gasteiger partial charge >= 0.3 is 6.03 Å². The minimum absolute atomic E-state index is 0.396. The van der Waals surface area contributed by atoms with Gasteiger partial charge in [0.2, 0.25) is 0 Å². The first-order valence-corrected chi connectivity index (χ1v) is 8.26. The van der Waals surface area contributed by atoms with E-state index in [1.165, 1.54) is 11.4 Å². The number of rotatable bonds is 4. The first-order valence-electron chi connectivity index (χ1n) is 7.86. The van der Waals surface area contributed by atoms with Crippen LogP contribution in [0.2, 0.25) is 0 Å². The molecule has 2 amide bonds. The third-order valence-corrected chi connectivity index (χ3v) is 4.41. The fourth-order valence-corrected chi connectivity index (χ4v) is 2.63. The third kappa shape index (κ3) is 3.45. The zero-order valence-corrected chi connectivity index (χ0v) is 15.0. The van der Waals surface area contributed by atoms with Crippen molar-refractivity contribution in [2.75, 3.05) is 19.0 Å². The minimum Gasteiger partial charge on any atom is -0.495 e. The number of halogens is 2. The van der Waals surface area contributed by atoms with Crippen molar-refractivity contribution < 1.29 is 18.3 Å². The molecule has 26 heavy (non-hydrogen) atoms. The summed E-state index contributed by atoms with van der Waals surface area (Å²) in [5.41, 5.74) is 2.31. The van der Waals surface area contributed by atoms with Crippen LogP contribution in [0.3, 0.4) is 0 Å². The monoisotopic (exact) mass is 377 g/mol. The highest BCUT2D eigenvalue weighted by Gasteiger charge is 2.14. The van der Waals surface area contributed by atoms with Gasteiger partial charge in [0.15, 0.2) is 11.6 Å². The number of H-pyrrole nitrogens is 1. The lowest BCUT2D eigenvalue weighted by atomic mass is 10.1. The fourth-order valence-electron chi connectivity index (χ4n) is 2.58. The maximum Gasteiger partial charge on any atom is 0.331 e. The highest BCUT2D eigenvalue weighted by molar-refractivity contribution is 7.78. The van der Waals surface area contributed by atoms with Gasteiger partial charge in [-0.15, -0.1) is 0 Å². The first kappa shape index (κ1) is 18.1. The summed E-state index contributed by atoms with van der Waals surface area (Å²) in [5.74, 6) is -1.34. The van der Waals surface area contributed by atoms with Gasteiger partial charge < -0.3 is 15.0 Å². The number of benzene rings is 2. The Bertz CT molecular complexity index is 935. The van der Waals surface area contributed by atoms with E-state index in [9.17, 15) is 13.6 Å². The van der Waals surface area contributed by atoms with E-state index in [1.54, 1.807) is 31.2 Å². The average Bonchev–Trinajstić information content (AvgIpc) is 3.03. The van der Waals surface area contributed by atoms with Crippen LogP contribution >= 0.6 is 12.8 Å². The number of anilines is 1. The summed E-state index contributed by atoms with van der Waals surface area (Å²) in [7, 11) is 1.50. The number of aromatic nitrogens is 1. The topological polar surface area (TPSA) is 57.4 Å². The van der Waals surface area contributed by atoms with Crippen LogP contribution in [0.25, 0.3) is 22.2 Å². The Kier molecular flexibility index (Phi) is 5.03. The highest BCUT2D eigenvalue weighted by Crippen LogP contribution is 2.32. The van der Waals surface area contributed by atoms with Crippen LogP contribution in [0.1, 0.15) is 6.92 Å². The lowest BCUT2D eigenvalue weighted by Gasteiger charge is -2.16. The number of carbonyl (C=O) groups is 1. The number of amides is 2. The average molecular weight is 377 g/mol. The predicted octanol–water partition coefficient (Wildman–Crippen LogP) is 4.82. The van der Waals surface area contributed by atoms with Gasteiger partial charge in [-0.25, -0.2) is 13.6 Å². The quantitative estimate of drug-likeness (QED) is 0.571. The van der Waals surface area contributed by atoms with Gasteiger partial charge in [0, 0.05) is 34.8 Å². The van der Waals surface area contributed by atoms with Crippen LogP contribution < -0.4 is 10.1 Å². The Labute approximate surface area is 154 Å². The van der Waals surface area contributed by atoms with Crippen molar-refractivity contribution in [1.29, 1.82) is 0 Å². The van der Waals surface area contributed by atoms with E-state index in [0.29, 0.717) is 34.6 Å². The normalized spacial score (nSPS) is 10.8. The number of hydrogen-bond acceptors (Lipinski definition) is 3. The molecule has 0 radical (unpaired) electrons. The largest absolute Gasteiger partial charge is 0.495 e. The Balaban J connectivity index is 2.00. The minimum atomic E-state index is -0.915. The van der Waals surface area contributed by atoms with E-state index >= 15 is 0 Å². The highest BCUT2D eigenvalue weighted by atomic mass is 32.1. The van der Waals surface area contributed by atoms with E-state index in [-0.39, 0.29) is 0 Å². The number of thiol groups is 1. The van der Waals surface area contributed by atoms with Crippen molar-refractivity contribution in [1.82, 2.24) is 9.29 Å². The molecule has 0 saturated heterocycles. The molecule has 0 unspecified atom stereocenters. The number of ether oxygens (including phenoxy) is 1. The number of fused-ring (bicyclic) bond motifs is 1. The first-order chi connectivity index (χ1) is 12.4. The summed E-state index contributed by atoms with van der Waals surface area (Å²) in [6.45, 7) is 2.22. The molecule has 5 nitrogen and oxygen atoms in total. The second-order valence-corrected chi connectivity index (χ2v) is 6.08. The van der Waals surface area contributed by atoms with Crippen LogP contribution in [0.15, 0.2) is 36.4 Å². The molecule has 0 saturated carbocycles. The molecule has 136 valence electrons. The van der Waals surface area contributed by atoms with Gasteiger partial charge in [0.05, 0.1) is 12.8 Å². The van der Waals surface area contributed by atoms with Crippen molar-refractivity contribution in [3.05, 3.63) is 48.0 Å². The van der Waals surface area contributed by atoms with E-state index in [4.69, 9.17) is 4.74 Å². The molecule has 0 aliphatic rings. The molecule has 8 heteroatoms. The van der Waals surface area contributed by atoms with Crippen LogP contribution in [0.5, 0.6) is 5.75 Å². The maximum absolute atomic E-state index is 13.4. The molecule has 0 spiro atoms. The number of nitrogens with one attached hydrogen (secondary N) is 2. The van der Waals surface area contributed by atoms with Crippen molar-refractivity contribution >= 4 is 35.4 Å². The van der Waals surface area contributed by atoms with Crippen LogP contribution in [0, 0.1) is 11.6 Å². The van der Waals surface area contributed by atoms with Crippen LogP contribution in [-0.4, -0.2) is 29.0 Å². The second kappa shape index (κ2) is 7.25. The van der Waals surface area contributed by atoms with E-state index in [1.807, 2.05) is 0 Å². The zero-order valence-electron chi connectivity index (χ0n) is 14.1. The molecular formula is C18H17F2N3O2S. The molecule has 0 atom stereocenters. The molecule has 1 aromatic heterocycles. The summed E-state index contributed by atoms with van der Waals surface area (Å²) in [6, 6.07) is 8.76. The Morgan fingerprint density at radius 2 is 1.96 bits per heavy atom. The van der Waals surface area contributed by atoms with Crippen LogP contribution in [-0.2, 0) is 0 Å². The number of carbonyl (C=O) groups excluding carboxylic acids is 1. The Morgan fingerprint density at radius 1 is 1.23 bits per heavy atom. The number of aromatic amines is 1. The SMILES string of the molecule is CCN(S)C(=O)Nc1cc(-c2cc3cc(F)c(F)cc3[nH]2)ccc1OC. The van der Waals surface area contributed by atoms with Crippen molar-refractivity contribution in [3.63, 3.8) is 0 Å². The van der Waals surface area contributed by atoms with Gasteiger partial charge in [-0.1, -0.05) is 12.8 Å². The van der Waals surface area contributed by atoms with Crippen molar-refractivity contribution in [2.45, 2.75) is 6.92 Å². The molecule has 0 bridgehead atoms. The summed E-state index contributed by atoms with van der Waals surface area (Å²) < 4.78 is 33.3. The predicted molar refractivity (Wildman–Crippen MR) is 101 cm³/mol. The molecular weight excluding hydrogens is 360 g/mol. The van der Waals surface area contributed by atoms with Crippen molar-refractivity contribution in [3.8, 4) is 17.0 Å². The Morgan fingerprint density at radius 3 is 2.65 bits per heavy atom. The molecule has 2 aromatic carbocycles. The maximum atomic E-state index is 13.4. The van der Waals surface area contributed by atoms with Gasteiger partial charge in [-0.3, -0.25) is 4.31 Å². The van der Waals surface area contributed by atoms with Gasteiger partial charge in [-0.2, -0.15) is 0 Å². The number of urea groups is 1. The summed E-state index contributed by atoms with van der Waals surface area (Å²) in [5, 5.41) is 3.27. The van der Waals surface area contributed by atoms with E-state index in [2.05, 4.69) is 23.1 Å². The number of hydrogen-bond donors (Lipinski definition) is 3. The molecule has 3 aromatic rings. The van der Waals surface area contributed by atoms with Gasteiger partial charge in [-0.05, 0) is 37.3 Å². The van der Waals surface area contributed by atoms with Crippen molar-refractivity contribution in [2.24, 2.45) is 0 Å². The van der Waals surface area contributed by atoms with Gasteiger partial charge in [0.1, 0.15) is 5.75 Å². The standard InChI is InChI=1S/C18H17F2N3O2S/c1-3-23(26)18(24)22-16-7-10(4-5-17(16)25-2)14-8-11-6-12(19)13(20)9-15(11)21-14/h4-9,21,26H,3H2,1-2H3,(H,22,24). The third-order valence-electron chi connectivity index (χ3n) is 3.95. The lowest BCUT2D eigenvalue weighted by molar-refractivity contribution is 0.240. The molecule has 2 N–H and O–H groups in total. The molecule has 3 rings (SSSR count). The Hall–Kier alpha value is -2.74. The molecule has 0 fully saturated rings.